The fourth-order valence-corrected chi connectivity index (χ4v) is 3.25. The summed E-state index contributed by atoms with van der Waals surface area (Å²) in [5.74, 6) is 0. The first-order valence-corrected chi connectivity index (χ1v) is 9.48. The predicted octanol–water partition coefficient (Wildman–Crippen LogP) is 6.15. The molecular weight excluding hydrogens is 419 g/mol. The summed E-state index contributed by atoms with van der Waals surface area (Å²) in [7, 11) is 0. The van der Waals surface area contributed by atoms with Gasteiger partial charge < -0.3 is 10.2 Å². The average molecular weight is 436 g/mol. The van der Waals surface area contributed by atoms with Crippen molar-refractivity contribution in [3.05, 3.63) is 94.8 Å². The van der Waals surface area contributed by atoms with Gasteiger partial charge in [0.15, 0.2) is 5.11 Å². The van der Waals surface area contributed by atoms with E-state index >= 15 is 0 Å². The molecule has 0 fully saturated rings. The first-order valence-electron chi connectivity index (χ1n) is 8.69. The summed E-state index contributed by atoms with van der Waals surface area (Å²) in [4.78, 5) is 6.21. The third kappa shape index (κ3) is 5.92. The molecule has 0 spiro atoms. The lowest BCUT2D eigenvalue weighted by molar-refractivity contribution is -0.137. The van der Waals surface area contributed by atoms with Crippen molar-refractivity contribution in [2.75, 3.05) is 5.32 Å². The molecule has 3 rings (SSSR count). The highest BCUT2D eigenvalue weighted by Crippen LogP contribution is 2.35. The van der Waals surface area contributed by atoms with Gasteiger partial charge in [0.25, 0.3) is 0 Å². The summed E-state index contributed by atoms with van der Waals surface area (Å²) in [6.45, 7) is 0.952. The molecular formula is C21H17ClF3N3S. The number of thiocarbonyl (C=S) groups is 1. The molecule has 0 aliphatic rings. The first-order chi connectivity index (χ1) is 13.8. The van der Waals surface area contributed by atoms with Crippen molar-refractivity contribution in [3.8, 4) is 0 Å². The number of alkyl halides is 3. The Labute approximate surface area is 177 Å². The van der Waals surface area contributed by atoms with E-state index < -0.39 is 11.7 Å². The van der Waals surface area contributed by atoms with Gasteiger partial charge in [-0.2, -0.15) is 13.2 Å². The first kappa shape index (κ1) is 21.1. The molecule has 0 aliphatic carbocycles. The Kier molecular flexibility index (Phi) is 6.71. The van der Waals surface area contributed by atoms with E-state index in [0.717, 1.165) is 17.3 Å². The minimum atomic E-state index is -4.51. The highest BCUT2D eigenvalue weighted by Gasteiger charge is 2.33. The van der Waals surface area contributed by atoms with Gasteiger partial charge in [-0.1, -0.05) is 48.0 Å². The number of nitrogens with one attached hydrogen (secondary N) is 1. The second-order valence-corrected chi connectivity index (χ2v) is 7.08. The van der Waals surface area contributed by atoms with Gasteiger partial charge in [0, 0.05) is 18.4 Å². The molecule has 1 aromatic heterocycles. The lowest BCUT2D eigenvalue weighted by Crippen LogP contribution is -2.34. The van der Waals surface area contributed by atoms with Crippen molar-refractivity contribution in [3.63, 3.8) is 0 Å². The molecule has 3 aromatic rings. The van der Waals surface area contributed by atoms with Crippen LogP contribution in [-0.2, 0) is 19.3 Å². The second kappa shape index (κ2) is 9.24. The normalized spacial score (nSPS) is 11.2. The third-order valence-electron chi connectivity index (χ3n) is 4.11. The summed E-state index contributed by atoms with van der Waals surface area (Å²) in [6.07, 6.45) is -2.81. The van der Waals surface area contributed by atoms with E-state index in [9.17, 15) is 13.2 Å². The zero-order chi connectivity index (χ0) is 20.9. The van der Waals surface area contributed by atoms with Crippen molar-refractivity contribution in [2.24, 2.45) is 0 Å². The van der Waals surface area contributed by atoms with E-state index in [1.807, 2.05) is 53.4 Å². The molecule has 0 radical (unpaired) electrons. The molecule has 1 heterocycles. The maximum atomic E-state index is 12.9. The number of pyridine rings is 1. The van der Waals surface area contributed by atoms with Crippen LogP contribution in [0.5, 0.6) is 0 Å². The Hall–Kier alpha value is -2.64. The standard InChI is InChI=1S/C21H17ClF3N3S/c22-19-12-16(9-10-18(19)21(23,24)25)27-20(29)28(13-15-6-2-1-3-7-15)14-17-8-4-5-11-26-17/h1-12H,13-14H2,(H,27,29). The highest BCUT2D eigenvalue weighted by molar-refractivity contribution is 7.80. The number of benzene rings is 2. The molecule has 8 heteroatoms. The van der Waals surface area contributed by atoms with Crippen molar-refractivity contribution < 1.29 is 13.2 Å². The van der Waals surface area contributed by atoms with E-state index in [1.54, 1.807) is 6.20 Å². The van der Waals surface area contributed by atoms with Crippen LogP contribution in [0.15, 0.2) is 72.9 Å². The molecule has 0 unspecified atom stereocenters. The van der Waals surface area contributed by atoms with Gasteiger partial charge in [-0.3, -0.25) is 4.98 Å². The summed E-state index contributed by atoms with van der Waals surface area (Å²) < 4.78 is 38.7. The molecule has 0 atom stereocenters. The van der Waals surface area contributed by atoms with E-state index in [1.165, 1.54) is 12.1 Å². The van der Waals surface area contributed by atoms with Crippen molar-refractivity contribution in [1.82, 2.24) is 9.88 Å². The maximum absolute atomic E-state index is 12.9. The minimum Gasteiger partial charge on any atom is -0.339 e. The maximum Gasteiger partial charge on any atom is 0.417 e. The van der Waals surface area contributed by atoms with Crippen LogP contribution in [0.2, 0.25) is 5.02 Å². The predicted molar refractivity (Wildman–Crippen MR) is 113 cm³/mol. The van der Waals surface area contributed by atoms with Crippen LogP contribution in [0.3, 0.4) is 0 Å². The smallest absolute Gasteiger partial charge is 0.339 e. The lowest BCUT2D eigenvalue weighted by Gasteiger charge is -2.26. The van der Waals surface area contributed by atoms with E-state index in [2.05, 4.69) is 10.3 Å². The fourth-order valence-electron chi connectivity index (χ4n) is 2.72. The molecule has 0 saturated heterocycles. The quantitative estimate of drug-likeness (QED) is 0.486. The summed E-state index contributed by atoms with van der Waals surface area (Å²) in [5.41, 5.74) is 1.36. The summed E-state index contributed by atoms with van der Waals surface area (Å²) >= 11 is 11.3. The van der Waals surface area contributed by atoms with Gasteiger partial charge in [-0.05, 0) is 48.1 Å². The molecule has 0 amide bonds. The molecule has 3 nitrogen and oxygen atoms in total. The number of hydrogen-bond acceptors (Lipinski definition) is 2. The molecule has 0 bridgehead atoms. The lowest BCUT2D eigenvalue weighted by atomic mass is 10.2. The number of anilines is 1. The van der Waals surface area contributed by atoms with Crippen LogP contribution < -0.4 is 5.32 Å². The van der Waals surface area contributed by atoms with Gasteiger partial charge in [0.1, 0.15) is 0 Å². The van der Waals surface area contributed by atoms with Crippen LogP contribution in [0.4, 0.5) is 18.9 Å². The number of rotatable bonds is 5. The van der Waals surface area contributed by atoms with Gasteiger partial charge in [-0.25, -0.2) is 0 Å². The van der Waals surface area contributed by atoms with Gasteiger partial charge in [0.05, 0.1) is 22.8 Å². The number of halogens is 4. The van der Waals surface area contributed by atoms with Crippen LogP contribution >= 0.6 is 23.8 Å². The molecule has 150 valence electrons. The van der Waals surface area contributed by atoms with Gasteiger partial charge in [0.2, 0.25) is 0 Å². The van der Waals surface area contributed by atoms with Crippen LogP contribution in [0.1, 0.15) is 16.8 Å². The monoisotopic (exact) mass is 435 g/mol. The van der Waals surface area contributed by atoms with Crippen LogP contribution in [0.25, 0.3) is 0 Å². The van der Waals surface area contributed by atoms with Crippen molar-refractivity contribution in [1.29, 1.82) is 0 Å². The van der Waals surface area contributed by atoms with Gasteiger partial charge >= 0.3 is 6.18 Å². The van der Waals surface area contributed by atoms with Crippen molar-refractivity contribution >= 4 is 34.6 Å². The Balaban J connectivity index is 1.79. The van der Waals surface area contributed by atoms with E-state index in [0.29, 0.717) is 23.9 Å². The van der Waals surface area contributed by atoms with Crippen LogP contribution in [0, 0.1) is 0 Å². The summed E-state index contributed by atoms with van der Waals surface area (Å²) in [6, 6.07) is 18.8. The number of aromatic nitrogens is 1. The molecule has 29 heavy (non-hydrogen) atoms. The zero-order valence-electron chi connectivity index (χ0n) is 15.2. The van der Waals surface area contributed by atoms with Crippen molar-refractivity contribution in [2.45, 2.75) is 19.3 Å². The Bertz CT molecular complexity index is 924. The Morgan fingerprint density at radius 1 is 1.00 bits per heavy atom. The topological polar surface area (TPSA) is 28.2 Å². The number of nitrogens with zero attached hydrogens (tertiary/aromatic N) is 2. The zero-order valence-corrected chi connectivity index (χ0v) is 16.7. The van der Waals surface area contributed by atoms with E-state index in [-0.39, 0.29) is 5.02 Å². The second-order valence-electron chi connectivity index (χ2n) is 6.29. The molecule has 1 N–H and O–H groups in total. The van der Waals surface area contributed by atoms with Gasteiger partial charge in [-0.15, -0.1) is 0 Å². The Morgan fingerprint density at radius 2 is 1.72 bits per heavy atom. The SMILES string of the molecule is FC(F)(F)c1ccc(NC(=S)N(Cc2ccccc2)Cc2ccccn2)cc1Cl. The highest BCUT2D eigenvalue weighted by atomic mass is 35.5. The Morgan fingerprint density at radius 3 is 2.34 bits per heavy atom. The third-order valence-corrected chi connectivity index (χ3v) is 4.78. The van der Waals surface area contributed by atoms with Crippen LogP contribution in [-0.4, -0.2) is 15.0 Å². The molecule has 0 aliphatic heterocycles. The molecule has 2 aromatic carbocycles. The number of hydrogen-bond donors (Lipinski definition) is 1. The minimum absolute atomic E-state index is 0.357. The largest absolute Gasteiger partial charge is 0.417 e. The fraction of sp³-hybridized carbons (Fsp3) is 0.143. The van der Waals surface area contributed by atoms with E-state index in [4.69, 9.17) is 23.8 Å². The summed E-state index contributed by atoms with van der Waals surface area (Å²) in [5, 5.41) is 2.95. The average Bonchev–Trinajstić information content (AvgIpc) is 2.68. The molecule has 0 saturated carbocycles.